The predicted octanol–water partition coefficient (Wildman–Crippen LogP) is 5.12. The number of hydrogen-bond donors (Lipinski definition) is 1. The van der Waals surface area contributed by atoms with Gasteiger partial charge >= 0.3 is 0 Å². The van der Waals surface area contributed by atoms with E-state index in [1.807, 2.05) is 24.0 Å². The van der Waals surface area contributed by atoms with Crippen molar-refractivity contribution in [1.29, 1.82) is 0 Å². The normalized spacial score (nSPS) is 35.9. The first kappa shape index (κ1) is 23.6. The molecule has 3 aliphatic carbocycles. The Bertz CT molecular complexity index is 970. The van der Waals surface area contributed by atoms with Crippen molar-refractivity contribution in [2.45, 2.75) is 90.0 Å². The second-order valence-corrected chi connectivity index (χ2v) is 12.0. The Morgan fingerprint density at radius 2 is 1.97 bits per heavy atom. The molecule has 0 aromatic rings. The third kappa shape index (κ3) is 4.55. The molecule has 5 rings (SSSR count). The maximum absolute atomic E-state index is 13.6. The number of nitrogens with zero attached hydrogens (tertiary/aromatic N) is 2. The van der Waals surface area contributed by atoms with Gasteiger partial charge in [-0.25, -0.2) is 0 Å². The van der Waals surface area contributed by atoms with Gasteiger partial charge in [-0.3, -0.25) is 14.6 Å². The van der Waals surface area contributed by atoms with E-state index in [9.17, 15) is 9.59 Å². The van der Waals surface area contributed by atoms with E-state index in [2.05, 4.69) is 19.1 Å². The van der Waals surface area contributed by atoms with E-state index in [0.717, 1.165) is 50.8 Å². The fourth-order valence-electron chi connectivity index (χ4n) is 7.02. The van der Waals surface area contributed by atoms with Crippen molar-refractivity contribution in [3.05, 3.63) is 35.5 Å². The fraction of sp³-hybridized carbons (Fsp3) is 0.690. The number of nitrogens with two attached hydrogens (primary N) is 1. The van der Waals surface area contributed by atoms with Gasteiger partial charge in [0.1, 0.15) is 5.54 Å². The lowest BCUT2D eigenvalue weighted by Crippen LogP contribution is -2.48. The molecule has 2 saturated carbocycles. The zero-order valence-corrected chi connectivity index (χ0v) is 21.0. The number of allylic oxidation sites excluding steroid dienone is 4. The van der Waals surface area contributed by atoms with Gasteiger partial charge in [-0.15, -0.1) is 0 Å². The number of carbonyl (C=O) groups is 2. The van der Waals surface area contributed by atoms with Gasteiger partial charge in [0.25, 0.3) is 5.91 Å². The third-order valence-electron chi connectivity index (χ3n) is 9.17. The number of rotatable bonds is 6. The number of Topliss-reactive ketones (excluding diaryl/α,β-unsaturated/α-hetero) is 1. The van der Waals surface area contributed by atoms with Crippen LogP contribution in [0.15, 0.2) is 40.4 Å². The van der Waals surface area contributed by atoms with Gasteiger partial charge in [0.05, 0.1) is 5.84 Å². The number of carbonyl (C=O) groups excluding carboxylic acids is 2. The van der Waals surface area contributed by atoms with E-state index in [1.165, 1.54) is 37.7 Å². The maximum Gasteiger partial charge on any atom is 0.253 e. The van der Waals surface area contributed by atoms with Crippen molar-refractivity contribution >= 4 is 17.5 Å². The topological polar surface area (TPSA) is 75.8 Å². The maximum atomic E-state index is 13.6. The van der Waals surface area contributed by atoms with Crippen molar-refractivity contribution < 1.29 is 9.59 Å². The lowest BCUT2D eigenvalue weighted by atomic mass is 9.72. The van der Waals surface area contributed by atoms with Crippen LogP contribution >= 0.6 is 0 Å². The van der Waals surface area contributed by atoms with Gasteiger partial charge in [-0.1, -0.05) is 64.2 Å². The molecule has 0 spiro atoms. The molecular weight excluding hydrogens is 422 g/mol. The number of likely N-dealkylation sites (tertiary alicyclic amines) is 1. The number of hydrogen-bond acceptors (Lipinski definition) is 4. The summed E-state index contributed by atoms with van der Waals surface area (Å²) in [5, 5.41) is 0. The van der Waals surface area contributed by atoms with Crippen LogP contribution in [0.25, 0.3) is 0 Å². The molecule has 3 fully saturated rings. The van der Waals surface area contributed by atoms with Crippen LogP contribution in [0.5, 0.6) is 0 Å². The highest BCUT2D eigenvalue weighted by Crippen LogP contribution is 2.56. The Kier molecular flexibility index (Phi) is 6.32. The van der Waals surface area contributed by atoms with Gasteiger partial charge in [0.2, 0.25) is 0 Å². The second-order valence-electron chi connectivity index (χ2n) is 12.0. The third-order valence-corrected chi connectivity index (χ3v) is 9.17. The van der Waals surface area contributed by atoms with Crippen LogP contribution in [0.1, 0.15) is 84.5 Å². The van der Waals surface area contributed by atoms with E-state index < -0.39 is 5.54 Å². The molecule has 0 bridgehead atoms. The molecule has 184 valence electrons. The van der Waals surface area contributed by atoms with Crippen LogP contribution in [0.4, 0.5) is 0 Å². The monoisotopic (exact) mass is 463 g/mol. The van der Waals surface area contributed by atoms with Crippen molar-refractivity contribution in [3.8, 4) is 0 Å². The lowest BCUT2D eigenvalue weighted by molar-refractivity contribution is -0.129. The summed E-state index contributed by atoms with van der Waals surface area (Å²) in [6.07, 6.45) is 19.9. The summed E-state index contributed by atoms with van der Waals surface area (Å²) in [6.45, 7) is 5.70. The molecule has 1 amide bonds. The number of amidine groups is 1. The van der Waals surface area contributed by atoms with Gasteiger partial charge in [0, 0.05) is 36.4 Å². The summed E-state index contributed by atoms with van der Waals surface area (Å²) in [5.41, 5.74) is 7.80. The van der Waals surface area contributed by atoms with E-state index in [4.69, 9.17) is 10.7 Å². The molecule has 4 atom stereocenters. The Hall–Kier alpha value is -2.17. The molecule has 0 aromatic carbocycles. The van der Waals surface area contributed by atoms with Crippen molar-refractivity contribution in [2.24, 2.45) is 33.9 Å². The number of aliphatic imine (C=N–C) groups is 1. The first-order valence-electron chi connectivity index (χ1n) is 13.6. The molecule has 0 aromatic heterocycles. The summed E-state index contributed by atoms with van der Waals surface area (Å²) in [4.78, 5) is 33.9. The summed E-state index contributed by atoms with van der Waals surface area (Å²) < 4.78 is 0. The number of amides is 1. The van der Waals surface area contributed by atoms with Crippen LogP contribution in [-0.2, 0) is 9.59 Å². The Morgan fingerprint density at radius 1 is 1.18 bits per heavy atom. The zero-order valence-electron chi connectivity index (χ0n) is 21.0. The van der Waals surface area contributed by atoms with Gasteiger partial charge < -0.3 is 10.6 Å². The molecule has 5 aliphatic rings. The Morgan fingerprint density at radius 3 is 2.76 bits per heavy atom. The standard InChI is InChI=1S/C29H41N3O2/c1-20-16-25(30)31-29(26(20)33,14-11-21-8-4-3-5-9-21)17-22-12-15-32(19-22)27(34)23-10-6-7-13-28(2)18-24(23)28/h6-7,10,13,20-22H,3-5,8-9,11-12,14-19H2,1-2H3,(H2,30,31). The average Bonchev–Trinajstić information content (AvgIpc) is 3.30. The van der Waals surface area contributed by atoms with E-state index in [-0.39, 0.29) is 23.0 Å². The minimum Gasteiger partial charge on any atom is -0.387 e. The minimum atomic E-state index is -0.688. The van der Waals surface area contributed by atoms with Gasteiger partial charge in [-0.2, -0.15) is 0 Å². The minimum absolute atomic E-state index is 0.0632. The van der Waals surface area contributed by atoms with Crippen molar-refractivity contribution in [2.75, 3.05) is 13.1 Å². The molecule has 5 nitrogen and oxygen atoms in total. The molecule has 2 heterocycles. The molecular formula is C29H41N3O2. The average molecular weight is 464 g/mol. The number of fused-ring (bicyclic) bond motifs is 1. The first-order chi connectivity index (χ1) is 16.3. The highest BCUT2D eigenvalue weighted by atomic mass is 16.2. The Labute approximate surface area is 204 Å². The van der Waals surface area contributed by atoms with Crippen molar-refractivity contribution in [3.63, 3.8) is 0 Å². The van der Waals surface area contributed by atoms with Crippen LogP contribution in [-0.4, -0.2) is 41.1 Å². The summed E-state index contributed by atoms with van der Waals surface area (Å²) in [5.74, 6) is 2.02. The molecule has 4 unspecified atom stereocenters. The molecule has 5 heteroatoms. The summed E-state index contributed by atoms with van der Waals surface area (Å²) >= 11 is 0. The fourth-order valence-corrected chi connectivity index (χ4v) is 7.02. The smallest absolute Gasteiger partial charge is 0.253 e. The molecule has 34 heavy (non-hydrogen) atoms. The van der Waals surface area contributed by atoms with E-state index >= 15 is 0 Å². The lowest BCUT2D eigenvalue weighted by Gasteiger charge is -2.38. The number of ketones is 1. The van der Waals surface area contributed by atoms with Crippen molar-refractivity contribution in [1.82, 2.24) is 4.90 Å². The van der Waals surface area contributed by atoms with Crippen LogP contribution < -0.4 is 5.73 Å². The van der Waals surface area contributed by atoms with E-state index in [0.29, 0.717) is 24.1 Å². The predicted molar refractivity (Wildman–Crippen MR) is 136 cm³/mol. The summed E-state index contributed by atoms with van der Waals surface area (Å²) in [7, 11) is 0. The molecule has 0 radical (unpaired) electrons. The van der Waals surface area contributed by atoms with Crippen LogP contribution in [0, 0.1) is 23.2 Å². The first-order valence-corrected chi connectivity index (χ1v) is 13.6. The highest BCUT2D eigenvalue weighted by Gasteiger charge is 2.48. The van der Waals surface area contributed by atoms with Crippen LogP contribution in [0.2, 0.25) is 0 Å². The summed E-state index contributed by atoms with van der Waals surface area (Å²) in [6, 6.07) is 0. The second kappa shape index (κ2) is 9.13. The quantitative estimate of drug-likeness (QED) is 0.594. The van der Waals surface area contributed by atoms with Gasteiger partial charge in [-0.05, 0) is 55.6 Å². The zero-order chi connectivity index (χ0) is 23.9. The Balaban J connectivity index is 1.29. The molecule has 1 saturated heterocycles. The van der Waals surface area contributed by atoms with E-state index in [1.54, 1.807) is 0 Å². The largest absolute Gasteiger partial charge is 0.387 e. The molecule has 2 aliphatic heterocycles. The molecule has 2 N–H and O–H groups in total. The SMILES string of the molecule is CC1CC(N)=NC(CCC2CCCCC2)(CC2CCN(C(=O)C3=C4CC4(C)C=CC=C3)C2)C1=O. The highest BCUT2D eigenvalue weighted by molar-refractivity contribution is 6.00. The van der Waals surface area contributed by atoms with Crippen LogP contribution in [0.3, 0.4) is 0 Å². The van der Waals surface area contributed by atoms with Gasteiger partial charge in [0.15, 0.2) is 5.78 Å².